The number of nitrogens with two attached hydrogens (primary N) is 1. The zero-order valence-electron chi connectivity index (χ0n) is 25.6. The van der Waals surface area contributed by atoms with Crippen molar-refractivity contribution in [2.75, 3.05) is 25.6 Å². The monoisotopic (exact) mass is 659 g/mol. The molecule has 0 unspecified atom stereocenters. The van der Waals surface area contributed by atoms with E-state index in [1.165, 1.54) is 26.1 Å². The molecule has 1 saturated heterocycles. The molecule has 3 aromatic rings. The summed E-state index contributed by atoms with van der Waals surface area (Å²) in [5.74, 6) is 0.202. The molecule has 0 amide bonds. The highest BCUT2D eigenvalue weighted by atomic mass is 16.5. The lowest BCUT2D eigenvalue weighted by atomic mass is 10.2. The van der Waals surface area contributed by atoms with Gasteiger partial charge in [0.05, 0.1) is 25.9 Å². The van der Waals surface area contributed by atoms with Crippen LogP contribution in [-0.4, -0.2) is 82.1 Å². The zero-order valence-corrected chi connectivity index (χ0v) is 25.6. The summed E-state index contributed by atoms with van der Waals surface area (Å²) in [5, 5.41) is 26.7. The molecule has 0 bridgehead atoms. The molecule has 0 spiro atoms. The molecule has 0 radical (unpaired) electrons. The summed E-state index contributed by atoms with van der Waals surface area (Å²) in [4.78, 5) is 64.8. The summed E-state index contributed by atoms with van der Waals surface area (Å²) < 4.78 is 20.1. The van der Waals surface area contributed by atoms with E-state index in [2.05, 4.69) is 15.0 Å². The van der Waals surface area contributed by atoms with Crippen molar-refractivity contribution in [1.29, 1.82) is 0 Å². The Morgan fingerprint density at radius 1 is 0.766 bits per heavy atom. The molecule has 3 aromatic heterocycles. The van der Waals surface area contributed by atoms with Gasteiger partial charge in [-0.15, -0.1) is 0 Å². The van der Waals surface area contributed by atoms with E-state index in [0.717, 1.165) is 6.42 Å². The second-order valence-corrected chi connectivity index (χ2v) is 10.7. The first kappa shape index (κ1) is 35.1. The molecule has 6 heterocycles. The maximum absolute atomic E-state index is 11.5. The van der Waals surface area contributed by atoms with Crippen molar-refractivity contribution in [2.24, 2.45) is 0 Å². The lowest BCUT2D eigenvalue weighted by Gasteiger charge is -2.14. The third kappa shape index (κ3) is 8.76. The van der Waals surface area contributed by atoms with Crippen LogP contribution in [0, 0.1) is 13.8 Å². The van der Waals surface area contributed by atoms with Gasteiger partial charge in [0, 0.05) is 29.7 Å². The van der Waals surface area contributed by atoms with Crippen molar-refractivity contribution in [2.45, 2.75) is 63.7 Å². The summed E-state index contributed by atoms with van der Waals surface area (Å²) >= 11 is 0. The first-order valence-corrected chi connectivity index (χ1v) is 14.6. The summed E-state index contributed by atoms with van der Waals surface area (Å²) in [6.07, 6.45) is 10.1. The van der Waals surface area contributed by atoms with Crippen LogP contribution in [0.1, 0.15) is 42.7 Å². The van der Waals surface area contributed by atoms with Crippen LogP contribution in [0.25, 0.3) is 0 Å². The third-order valence-corrected chi connectivity index (χ3v) is 7.26. The molecule has 0 saturated carbocycles. The molecule has 0 aromatic carbocycles. The van der Waals surface area contributed by atoms with Crippen LogP contribution in [0.4, 0.5) is 5.82 Å². The predicted octanol–water partition coefficient (Wildman–Crippen LogP) is -1.92. The molecule has 1 fully saturated rings. The average molecular weight is 660 g/mol. The minimum absolute atomic E-state index is 0.0202. The molecule has 18 heteroatoms. The number of anilines is 1. The summed E-state index contributed by atoms with van der Waals surface area (Å²) in [5.41, 5.74) is 3.97. The Kier molecular flexibility index (Phi) is 11.8. The zero-order chi connectivity index (χ0) is 34.2. The number of aliphatic hydroxyl groups excluding tert-OH is 3. The van der Waals surface area contributed by atoms with Gasteiger partial charge in [-0.2, -0.15) is 4.98 Å². The third-order valence-electron chi connectivity index (χ3n) is 7.26. The smallest absolute Gasteiger partial charge is 0.351 e. The van der Waals surface area contributed by atoms with E-state index < -0.39 is 52.9 Å². The van der Waals surface area contributed by atoms with E-state index in [1.54, 1.807) is 50.4 Å². The van der Waals surface area contributed by atoms with Crippen LogP contribution in [0.15, 0.2) is 72.9 Å². The lowest BCUT2D eigenvalue weighted by Crippen LogP contribution is -2.33. The average Bonchev–Trinajstić information content (AvgIpc) is 3.83. The number of rotatable bonds is 6. The number of hydrogen-bond acceptors (Lipinski definition) is 13. The Morgan fingerprint density at radius 3 is 1.68 bits per heavy atom. The number of nitrogens with one attached hydrogen (secondary N) is 2. The first-order chi connectivity index (χ1) is 22.4. The Hall–Kier alpha value is -4.72. The fourth-order valence-corrected chi connectivity index (χ4v) is 4.72. The predicted molar refractivity (Wildman–Crippen MR) is 166 cm³/mol. The van der Waals surface area contributed by atoms with Crippen molar-refractivity contribution in [1.82, 2.24) is 28.7 Å². The number of hydrogen-bond donors (Lipinski definition) is 6. The summed E-state index contributed by atoms with van der Waals surface area (Å²) in [6, 6.07) is 1.55. The number of H-pyrrole nitrogens is 2. The van der Waals surface area contributed by atoms with E-state index in [1.807, 2.05) is 0 Å². The van der Waals surface area contributed by atoms with Gasteiger partial charge in [0.1, 0.15) is 24.3 Å². The van der Waals surface area contributed by atoms with Gasteiger partial charge in [-0.3, -0.25) is 33.3 Å². The molecule has 47 heavy (non-hydrogen) atoms. The highest BCUT2D eigenvalue weighted by Crippen LogP contribution is 2.26. The van der Waals surface area contributed by atoms with Crippen LogP contribution in [0.3, 0.4) is 0 Å². The topological polar surface area (TPSA) is 259 Å². The second-order valence-electron chi connectivity index (χ2n) is 10.7. The number of nitrogens with zero attached hydrogens (tertiary/aromatic N) is 4. The maximum Gasteiger partial charge on any atom is 0.351 e. The number of nitrogen functional groups attached to an aromatic ring is 1. The number of ether oxygens (including phenoxy) is 3. The van der Waals surface area contributed by atoms with Gasteiger partial charge < -0.3 is 35.3 Å². The Morgan fingerprint density at radius 2 is 1.28 bits per heavy atom. The van der Waals surface area contributed by atoms with E-state index in [4.69, 9.17) is 35.3 Å². The van der Waals surface area contributed by atoms with Gasteiger partial charge in [-0.05, 0) is 44.9 Å². The van der Waals surface area contributed by atoms with Gasteiger partial charge in [0.25, 0.3) is 11.1 Å². The second kappa shape index (κ2) is 15.7. The minimum Gasteiger partial charge on any atom is -0.394 e. The van der Waals surface area contributed by atoms with Crippen LogP contribution in [0.2, 0.25) is 0 Å². The molecule has 0 aliphatic carbocycles. The van der Waals surface area contributed by atoms with Gasteiger partial charge >= 0.3 is 17.1 Å². The SMILES string of the molecule is Cc1cn([C@H]2C=C[C@@H](CO)O2)c(=O)[nH]c1=O.Cc1cn([C@H]2C=C[C@@H](CO)O2)c(=O)[nH]c1=O.Nc1ccn([C@H]2CC[C@@H](CO)O2)c(=O)n1. The van der Waals surface area contributed by atoms with Crippen molar-refractivity contribution in [3.05, 3.63) is 112 Å². The fraction of sp³-hybridized carbons (Fsp3) is 0.448. The Bertz CT molecular complexity index is 1790. The van der Waals surface area contributed by atoms with E-state index >= 15 is 0 Å². The quantitative estimate of drug-likeness (QED) is 0.158. The van der Waals surface area contributed by atoms with Gasteiger partial charge in [0.15, 0.2) is 12.5 Å². The van der Waals surface area contributed by atoms with E-state index in [0.29, 0.717) is 17.5 Å². The normalized spacial score (nSPS) is 24.4. The summed E-state index contributed by atoms with van der Waals surface area (Å²) in [6.45, 7) is 2.93. The van der Waals surface area contributed by atoms with Crippen LogP contribution in [-0.2, 0) is 14.2 Å². The molecule has 7 N–H and O–H groups in total. The Labute approximate surface area is 265 Å². The fourth-order valence-electron chi connectivity index (χ4n) is 4.72. The summed E-state index contributed by atoms with van der Waals surface area (Å²) in [7, 11) is 0. The molecule has 3 aliphatic rings. The maximum atomic E-state index is 11.5. The van der Waals surface area contributed by atoms with Crippen LogP contribution < -0.4 is 33.9 Å². The van der Waals surface area contributed by atoms with Crippen molar-refractivity contribution in [3.63, 3.8) is 0 Å². The van der Waals surface area contributed by atoms with Crippen molar-refractivity contribution in [3.8, 4) is 0 Å². The molecular weight excluding hydrogens is 622 g/mol. The molecular formula is C29H37N7O11. The molecule has 254 valence electrons. The Balaban J connectivity index is 0.000000160. The first-order valence-electron chi connectivity index (χ1n) is 14.6. The lowest BCUT2D eigenvalue weighted by molar-refractivity contribution is -0.0245. The standard InChI is InChI=1S/2C10H12N2O4.C9H13N3O3/c2*1-6-4-12(10(15)11-9(6)14)8-3-2-7(5-13)16-8;10-7-3-4-12(9(14)11-7)8-2-1-6(5-13)15-8/h2*2-4,7-8,13H,5H2,1H3,(H,11,14,15);3-4,6,8,13H,1-2,5H2,(H2,10,11,14)/t2*7-,8+;6-,8+/m000/s1. The highest BCUT2D eigenvalue weighted by molar-refractivity contribution is 5.23. The van der Waals surface area contributed by atoms with E-state index in [9.17, 15) is 24.0 Å². The van der Waals surface area contributed by atoms with Crippen LogP contribution in [0.5, 0.6) is 0 Å². The van der Waals surface area contributed by atoms with Crippen molar-refractivity contribution >= 4 is 5.82 Å². The van der Waals surface area contributed by atoms with Gasteiger partial charge in [0.2, 0.25) is 0 Å². The number of aliphatic hydroxyl groups is 3. The van der Waals surface area contributed by atoms with Crippen molar-refractivity contribution < 1.29 is 29.5 Å². The minimum atomic E-state index is -0.569. The van der Waals surface area contributed by atoms with Crippen LogP contribution >= 0.6 is 0 Å². The molecule has 3 aliphatic heterocycles. The van der Waals surface area contributed by atoms with Gasteiger partial charge in [-0.25, -0.2) is 14.4 Å². The van der Waals surface area contributed by atoms with Gasteiger partial charge in [-0.1, -0.05) is 12.2 Å². The highest BCUT2D eigenvalue weighted by Gasteiger charge is 2.27. The molecule has 6 rings (SSSR count). The molecule has 6 atom stereocenters. The number of aromatic amines is 2. The largest absolute Gasteiger partial charge is 0.394 e. The molecule has 18 nitrogen and oxygen atoms in total. The number of aromatic nitrogens is 6. The van der Waals surface area contributed by atoms with E-state index in [-0.39, 0.29) is 38.0 Å². The number of aryl methyl sites for hydroxylation is 2.